The fraction of sp³-hybridized carbons (Fsp3) is 0.273. The number of benzene rings is 1. The number of fused-ring (bicyclic) bond motifs is 1. The van der Waals surface area contributed by atoms with Crippen LogP contribution in [0, 0.1) is 0 Å². The summed E-state index contributed by atoms with van der Waals surface area (Å²) in [6.45, 7) is 2.68. The molecule has 13 heavy (non-hydrogen) atoms. The first-order valence-electron chi connectivity index (χ1n) is 4.54. The molecule has 2 rings (SSSR count). The van der Waals surface area contributed by atoms with Crippen LogP contribution in [0.15, 0.2) is 28.9 Å². The van der Waals surface area contributed by atoms with E-state index in [0.29, 0.717) is 6.54 Å². The molecule has 0 aliphatic heterocycles. The third-order valence-electron chi connectivity index (χ3n) is 2.35. The highest BCUT2D eigenvalue weighted by molar-refractivity contribution is 5.81. The van der Waals surface area contributed by atoms with Crippen LogP contribution in [0.2, 0.25) is 0 Å². The smallest absolute Gasteiger partial charge is 0.134 e. The summed E-state index contributed by atoms with van der Waals surface area (Å²) in [5.41, 5.74) is 8.93. The highest BCUT2D eigenvalue weighted by Gasteiger charge is 2.03. The van der Waals surface area contributed by atoms with Crippen LogP contribution in [0.4, 0.5) is 0 Å². The number of furan rings is 1. The van der Waals surface area contributed by atoms with Crippen molar-refractivity contribution in [3.8, 4) is 0 Å². The van der Waals surface area contributed by atoms with Crippen LogP contribution in [0.1, 0.15) is 18.1 Å². The van der Waals surface area contributed by atoms with E-state index in [1.54, 1.807) is 6.26 Å². The van der Waals surface area contributed by atoms with Crippen LogP contribution in [0.25, 0.3) is 11.0 Å². The number of hydrogen-bond donors (Lipinski definition) is 1. The zero-order chi connectivity index (χ0) is 9.26. The van der Waals surface area contributed by atoms with Crippen molar-refractivity contribution in [3.05, 3.63) is 35.6 Å². The lowest BCUT2D eigenvalue weighted by atomic mass is 10.1. The van der Waals surface area contributed by atoms with Crippen molar-refractivity contribution < 1.29 is 4.42 Å². The van der Waals surface area contributed by atoms with Crippen molar-refractivity contribution in [3.63, 3.8) is 0 Å². The largest absolute Gasteiger partial charge is 0.464 e. The maximum absolute atomic E-state index is 5.59. The molecule has 2 N–H and O–H groups in total. The topological polar surface area (TPSA) is 39.2 Å². The molecule has 2 heteroatoms. The molecular formula is C11H13NO. The Labute approximate surface area is 77.3 Å². The molecule has 0 amide bonds. The van der Waals surface area contributed by atoms with E-state index >= 15 is 0 Å². The average molecular weight is 175 g/mol. The molecule has 68 valence electrons. The van der Waals surface area contributed by atoms with E-state index in [9.17, 15) is 0 Å². The maximum atomic E-state index is 5.59. The summed E-state index contributed by atoms with van der Waals surface area (Å²) in [5.74, 6) is 0. The highest BCUT2D eigenvalue weighted by Crippen LogP contribution is 2.22. The normalized spacial score (nSPS) is 10.9. The van der Waals surface area contributed by atoms with Gasteiger partial charge in [-0.2, -0.15) is 0 Å². The van der Waals surface area contributed by atoms with E-state index in [2.05, 4.69) is 19.1 Å². The first-order chi connectivity index (χ1) is 6.35. The third kappa shape index (κ3) is 1.33. The first-order valence-corrected chi connectivity index (χ1v) is 4.54. The van der Waals surface area contributed by atoms with Gasteiger partial charge in [0.1, 0.15) is 5.58 Å². The SMILES string of the molecule is CCc1ccc2occ(CN)c2c1. The van der Waals surface area contributed by atoms with Crippen molar-refractivity contribution >= 4 is 11.0 Å². The molecule has 2 nitrogen and oxygen atoms in total. The van der Waals surface area contributed by atoms with Crippen molar-refractivity contribution in [2.24, 2.45) is 5.73 Å². The van der Waals surface area contributed by atoms with Gasteiger partial charge in [-0.3, -0.25) is 0 Å². The van der Waals surface area contributed by atoms with E-state index in [4.69, 9.17) is 10.2 Å². The Morgan fingerprint density at radius 2 is 2.23 bits per heavy atom. The predicted octanol–water partition coefficient (Wildman–Crippen LogP) is 2.45. The molecule has 0 unspecified atom stereocenters. The molecule has 1 aromatic carbocycles. The van der Waals surface area contributed by atoms with Crippen molar-refractivity contribution in [1.29, 1.82) is 0 Å². The number of rotatable bonds is 2. The lowest BCUT2D eigenvalue weighted by Crippen LogP contribution is -1.94. The number of nitrogens with two attached hydrogens (primary N) is 1. The summed E-state index contributed by atoms with van der Waals surface area (Å²) < 4.78 is 5.36. The Kier molecular flexibility index (Phi) is 2.07. The predicted molar refractivity (Wildman–Crippen MR) is 53.5 cm³/mol. The summed E-state index contributed by atoms with van der Waals surface area (Å²) in [6, 6.07) is 6.25. The van der Waals surface area contributed by atoms with Crippen molar-refractivity contribution in [1.82, 2.24) is 0 Å². The van der Waals surface area contributed by atoms with Crippen molar-refractivity contribution in [2.75, 3.05) is 0 Å². The molecule has 1 heterocycles. The summed E-state index contributed by atoms with van der Waals surface area (Å²) >= 11 is 0. The highest BCUT2D eigenvalue weighted by atomic mass is 16.3. The average Bonchev–Trinajstić information content (AvgIpc) is 2.59. The molecule has 0 fully saturated rings. The molecule has 2 aromatic rings. The number of hydrogen-bond acceptors (Lipinski definition) is 2. The molecule has 1 aromatic heterocycles. The molecule has 0 aliphatic rings. The minimum absolute atomic E-state index is 0.542. The molecular weight excluding hydrogens is 162 g/mol. The van der Waals surface area contributed by atoms with E-state index in [1.165, 1.54) is 5.56 Å². The summed E-state index contributed by atoms with van der Waals surface area (Å²) in [6.07, 6.45) is 2.79. The second-order valence-electron chi connectivity index (χ2n) is 3.15. The van der Waals surface area contributed by atoms with Crippen molar-refractivity contribution in [2.45, 2.75) is 19.9 Å². The lowest BCUT2D eigenvalue weighted by Gasteiger charge is -1.96. The lowest BCUT2D eigenvalue weighted by molar-refractivity contribution is 0.610. The van der Waals surface area contributed by atoms with Gasteiger partial charge in [-0.25, -0.2) is 0 Å². The summed E-state index contributed by atoms with van der Waals surface area (Å²) in [5, 5.41) is 1.15. The second kappa shape index (κ2) is 3.23. The van der Waals surface area contributed by atoms with Crippen LogP contribution in [0.3, 0.4) is 0 Å². The van der Waals surface area contributed by atoms with Gasteiger partial charge in [0.15, 0.2) is 0 Å². The molecule has 0 bridgehead atoms. The first kappa shape index (κ1) is 8.32. The second-order valence-corrected chi connectivity index (χ2v) is 3.15. The Bertz CT molecular complexity index is 417. The van der Waals surface area contributed by atoms with E-state index in [0.717, 1.165) is 23.0 Å². The molecule has 0 spiro atoms. The fourth-order valence-electron chi connectivity index (χ4n) is 1.51. The van der Waals surface area contributed by atoms with Gasteiger partial charge in [-0.1, -0.05) is 13.0 Å². The third-order valence-corrected chi connectivity index (χ3v) is 2.35. The standard InChI is InChI=1S/C11H13NO/c1-2-8-3-4-11-10(5-8)9(6-12)7-13-11/h3-5,7H,2,6,12H2,1H3. The van der Waals surface area contributed by atoms with Crippen LogP contribution in [-0.2, 0) is 13.0 Å². The Morgan fingerprint density at radius 1 is 1.38 bits per heavy atom. The molecule has 0 radical (unpaired) electrons. The zero-order valence-electron chi connectivity index (χ0n) is 7.71. The fourth-order valence-corrected chi connectivity index (χ4v) is 1.51. The number of aryl methyl sites for hydroxylation is 1. The molecule has 0 atom stereocenters. The van der Waals surface area contributed by atoms with Gasteiger partial charge < -0.3 is 10.2 Å². The Hall–Kier alpha value is -1.28. The molecule has 0 saturated carbocycles. The molecule has 0 saturated heterocycles. The van der Waals surface area contributed by atoms with E-state index in [-0.39, 0.29) is 0 Å². The quantitative estimate of drug-likeness (QED) is 0.761. The van der Waals surface area contributed by atoms with E-state index < -0.39 is 0 Å². The van der Waals surface area contributed by atoms with Crippen LogP contribution >= 0.6 is 0 Å². The van der Waals surface area contributed by atoms with Gasteiger partial charge in [-0.15, -0.1) is 0 Å². The van der Waals surface area contributed by atoms with E-state index in [1.807, 2.05) is 6.07 Å². The zero-order valence-corrected chi connectivity index (χ0v) is 7.71. The molecule has 0 aliphatic carbocycles. The minimum atomic E-state index is 0.542. The van der Waals surface area contributed by atoms with Gasteiger partial charge in [0.2, 0.25) is 0 Å². The summed E-state index contributed by atoms with van der Waals surface area (Å²) in [4.78, 5) is 0. The Balaban J connectivity index is 2.64. The van der Waals surface area contributed by atoms with Crippen LogP contribution in [-0.4, -0.2) is 0 Å². The van der Waals surface area contributed by atoms with Gasteiger partial charge in [-0.05, 0) is 24.1 Å². The minimum Gasteiger partial charge on any atom is -0.464 e. The maximum Gasteiger partial charge on any atom is 0.134 e. The van der Waals surface area contributed by atoms with Gasteiger partial charge >= 0.3 is 0 Å². The summed E-state index contributed by atoms with van der Waals surface area (Å²) in [7, 11) is 0. The monoisotopic (exact) mass is 175 g/mol. The Morgan fingerprint density at radius 3 is 2.92 bits per heavy atom. The van der Waals surface area contributed by atoms with Crippen LogP contribution < -0.4 is 5.73 Å². The van der Waals surface area contributed by atoms with Gasteiger partial charge in [0.25, 0.3) is 0 Å². The van der Waals surface area contributed by atoms with Crippen LogP contribution in [0.5, 0.6) is 0 Å². The van der Waals surface area contributed by atoms with Gasteiger partial charge in [0.05, 0.1) is 6.26 Å². The van der Waals surface area contributed by atoms with Gasteiger partial charge in [0, 0.05) is 17.5 Å².